The van der Waals surface area contributed by atoms with Gasteiger partial charge in [0.1, 0.15) is 11.8 Å². The molecule has 0 aromatic heterocycles. The molecule has 1 saturated carbocycles. The summed E-state index contributed by atoms with van der Waals surface area (Å²) in [5.74, 6) is -1.40. The fraction of sp³-hybridized carbons (Fsp3) is 0.429. The minimum absolute atomic E-state index is 0.111. The summed E-state index contributed by atoms with van der Waals surface area (Å²) in [7, 11) is 0. The molecule has 108 valence electrons. The summed E-state index contributed by atoms with van der Waals surface area (Å²) >= 11 is 0. The van der Waals surface area contributed by atoms with Crippen LogP contribution in [-0.4, -0.2) is 33.7 Å². The summed E-state index contributed by atoms with van der Waals surface area (Å²) < 4.78 is 0. The number of benzene rings is 1. The summed E-state index contributed by atoms with van der Waals surface area (Å²) in [5.41, 5.74) is 5.67. The van der Waals surface area contributed by atoms with Crippen molar-refractivity contribution in [1.82, 2.24) is 5.32 Å². The van der Waals surface area contributed by atoms with Crippen LogP contribution in [0.1, 0.15) is 24.8 Å². The van der Waals surface area contributed by atoms with E-state index in [1.165, 1.54) is 12.1 Å². The Morgan fingerprint density at radius 1 is 1.30 bits per heavy atom. The second-order valence-corrected chi connectivity index (χ2v) is 5.24. The molecule has 6 nitrogen and oxygen atoms in total. The Hall–Kier alpha value is -2.08. The van der Waals surface area contributed by atoms with Crippen LogP contribution in [0.15, 0.2) is 24.3 Å². The van der Waals surface area contributed by atoms with Gasteiger partial charge in [0.05, 0.1) is 5.54 Å². The molecule has 5 N–H and O–H groups in total. The van der Waals surface area contributed by atoms with Crippen molar-refractivity contribution in [3.8, 4) is 5.75 Å². The smallest absolute Gasteiger partial charge is 0.326 e. The molecule has 0 spiro atoms. The Bertz CT molecular complexity index is 508. The van der Waals surface area contributed by atoms with E-state index in [-0.39, 0.29) is 12.2 Å². The standard InChI is InChI=1S/C14H18N2O4/c15-14(6-1-7-14)13(20)16-11(12(18)19)8-9-2-4-10(17)5-3-9/h2-5,11,17H,1,6-8,15H2,(H,16,20)(H,18,19). The van der Waals surface area contributed by atoms with Gasteiger partial charge in [-0.05, 0) is 37.0 Å². The number of nitrogens with one attached hydrogen (secondary N) is 1. The number of carboxylic acid groups (broad SMARTS) is 1. The molecule has 1 aliphatic rings. The fourth-order valence-electron chi connectivity index (χ4n) is 2.15. The molecule has 0 radical (unpaired) electrons. The van der Waals surface area contributed by atoms with E-state index in [0.29, 0.717) is 12.8 Å². The molecule has 1 aromatic carbocycles. The van der Waals surface area contributed by atoms with Gasteiger partial charge in [-0.15, -0.1) is 0 Å². The van der Waals surface area contributed by atoms with Crippen LogP contribution in [0, 0.1) is 0 Å². The van der Waals surface area contributed by atoms with Gasteiger partial charge in [-0.3, -0.25) is 4.79 Å². The number of nitrogens with two attached hydrogens (primary N) is 1. The molecule has 1 amide bonds. The van der Waals surface area contributed by atoms with Gasteiger partial charge in [0.2, 0.25) is 5.91 Å². The minimum Gasteiger partial charge on any atom is -0.508 e. The number of amides is 1. The van der Waals surface area contributed by atoms with Crippen molar-refractivity contribution in [1.29, 1.82) is 0 Å². The Kier molecular flexibility index (Phi) is 3.94. The molecule has 0 bridgehead atoms. The van der Waals surface area contributed by atoms with Crippen molar-refractivity contribution >= 4 is 11.9 Å². The van der Waals surface area contributed by atoms with Gasteiger partial charge in [0, 0.05) is 6.42 Å². The van der Waals surface area contributed by atoms with E-state index < -0.39 is 23.5 Å². The van der Waals surface area contributed by atoms with Crippen LogP contribution in [0.5, 0.6) is 5.75 Å². The zero-order chi connectivity index (χ0) is 14.8. The molecule has 1 aromatic rings. The molecule has 1 aliphatic carbocycles. The fourth-order valence-corrected chi connectivity index (χ4v) is 2.15. The van der Waals surface area contributed by atoms with Crippen LogP contribution in [0.4, 0.5) is 0 Å². The normalized spacial score (nSPS) is 17.9. The molecular weight excluding hydrogens is 260 g/mol. The van der Waals surface area contributed by atoms with Crippen LogP contribution < -0.4 is 11.1 Å². The molecule has 0 heterocycles. The van der Waals surface area contributed by atoms with Gasteiger partial charge < -0.3 is 21.3 Å². The molecule has 1 atom stereocenters. The lowest BCUT2D eigenvalue weighted by Gasteiger charge is -2.37. The van der Waals surface area contributed by atoms with Crippen molar-refractivity contribution in [3.05, 3.63) is 29.8 Å². The first-order valence-corrected chi connectivity index (χ1v) is 6.51. The molecule has 1 fully saturated rings. The van der Waals surface area contributed by atoms with Crippen molar-refractivity contribution in [2.24, 2.45) is 5.73 Å². The van der Waals surface area contributed by atoms with Gasteiger partial charge in [0.25, 0.3) is 0 Å². The van der Waals surface area contributed by atoms with E-state index in [9.17, 15) is 19.8 Å². The van der Waals surface area contributed by atoms with E-state index in [4.69, 9.17) is 5.73 Å². The van der Waals surface area contributed by atoms with Crippen molar-refractivity contribution in [2.75, 3.05) is 0 Å². The molecular formula is C14H18N2O4. The number of carbonyl (C=O) groups is 2. The minimum atomic E-state index is -1.10. The average Bonchev–Trinajstić information content (AvgIpc) is 2.37. The third-order valence-corrected chi connectivity index (χ3v) is 3.68. The largest absolute Gasteiger partial charge is 0.508 e. The van der Waals surface area contributed by atoms with E-state index in [2.05, 4.69) is 5.32 Å². The SMILES string of the molecule is NC1(C(=O)NC(Cc2ccc(O)cc2)C(=O)O)CCC1. The number of rotatable bonds is 5. The zero-order valence-corrected chi connectivity index (χ0v) is 11.0. The molecule has 20 heavy (non-hydrogen) atoms. The number of hydrogen-bond donors (Lipinski definition) is 4. The third kappa shape index (κ3) is 3.08. The summed E-state index contributed by atoms with van der Waals surface area (Å²) in [5, 5.41) is 20.9. The Morgan fingerprint density at radius 2 is 1.90 bits per heavy atom. The van der Waals surface area contributed by atoms with Crippen LogP contribution in [0.3, 0.4) is 0 Å². The van der Waals surface area contributed by atoms with E-state index >= 15 is 0 Å². The van der Waals surface area contributed by atoms with E-state index in [1.807, 2.05) is 0 Å². The lowest BCUT2D eigenvalue weighted by atomic mass is 9.77. The highest BCUT2D eigenvalue weighted by molar-refractivity contribution is 5.90. The number of aromatic hydroxyl groups is 1. The van der Waals surface area contributed by atoms with Crippen molar-refractivity contribution < 1.29 is 19.8 Å². The van der Waals surface area contributed by atoms with Gasteiger partial charge in [0.15, 0.2) is 0 Å². The lowest BCUT2D eigenvalue weighted by Crippen LogP contribution is -2.61. The number of phenolic OH excluding ortho intramolecular Hbond substituents is 1. The molecule has 2 rings (SSSR count). The van der Waals surface area contributed by atoms with Gasteiger partial charge in [-0.25, -0.2) is 4.79 Å². The van der Waals surface area contributed by atoms with Crippen LogP contribution in [0.2, 0.25) is 0 Å². The number of aliphatic carboxylic acids is 1. The third-order valence-electron chi connectivity index (χ3n) is 3.68. The summed E-state index contributed by atoms with van der Waals surface area (Å²) in [6.45, 7) is 0. The number of carbonyl (C=O) groups excluding carboxylic acids is 1. The predicted octanol–water partition coefficient (Wildman–Crippen LogP) is 0.385. The highest BCUT2D eigenvalue weighted by Crippen LogP contribution is 2.29. The van der Waals surface area contributed by atoms with E-state index in [1.54, 1.807) is 12.1 Å². The second kappa shape index (κ2) is 5.50. The quantitative estimate of drug-likeness (QED) is 0.622. The van der Waals surface area contributed by atoms with Gasteiger partial charge in [-0.1, -0.05) is 12.1 Å². The Labute approximate surface area is 116 Å². The highest BCUT2D eigenvalue weighted by atomic mass is 16.4. The maximum absolute atomic E-state index is 12.0. The number of carboxylic acids is 1. The van der Waals surface area contributed by atoms with Crippen molar-refractivity contribution in [3.63, 3.8) is 0 Å². The Morgan fingerprint density at radius 3 is 2.35 bits per heavy atom. The van der Waals surface area contributed by atoms with Gasteiger partial charge in [-0.2, -0.15) is 0 Å². The number of hydrogen-bond acceptors (Lipinski definition) is 4. The zero-order valence-electron chi connectivity index (χ0n) is 11.0. The summed E-state index contributed by atoms with van der Waals surface area (Å²) in [4.78, 5) is 23.2. The topological polar surface area (TPSA) is 113 Å². The van der Waals surface area contributed by atoms with E-state index in [0.717, 1.165) is 12.0 Å². The van der Waals surface area contributed by atoms with Crippen LogP contribution in [0.25, 0.3) is 0 Å². The molecule has 6 heteroatoms. The molecule has 1 unspecified atom stereocenters. The lowest BCUT2D eigenvalue weighted by molar-refractivity contribution is -0.143. The molecule has 0 aliphatic heterocycles. The Balaban J connectivity index is 2.02. The predicted molar refractivity (Wildman–Crippen MR) is 72.1 cm³/mol. The monoisotopic (exact) mass is 278 g/mol. The average molecular weight is 278 g/mol. The molecule has 0 saturated heterocycles. The summed E-state index contributed by atoms with van der Waals surface area (Å²) in [6, 6.07) is 5.18. The second-order valence-electron chi connectivity index (χ2n) is 5.24. The maximum atomic E-state index is 12.0. The highest BCUT2D eigenvalue weighted by Gasteiger charge is 2.41. The van der Waals surface area contributed by atoms with Crippen LogP contribution in [-0.2, 0) is 16.0 Å². The first kappa shape index (κ1) is 14.3. The first-order valence-electron chi connectivity index (χ1n) is 6.51. The van der Waals surface area contributed by atoms with Crippen molar-refractivity contribution in [2.45, 2.75) is 37.3 Å². The van der Waals surface area contributed by atoms with Crippen LogP contribution >= 0.6 is 0 Å². The van der Waals surface area contributed by atoms with Gasteiger partial charge >= 0.3 is 5.97 Å². The first-order chi connectivity index (χ1) is 9.40. The maximum Gasteiger partial charge on any atom is 0.326 e. The summed E-state index contributed by atoms with van der Waals surface area (Å²) in [6.07, 6.45) is 2.21. The number of phenols is 1.